The van der Waals surface area contributed by atoms with Crippen LogP contribution in [0.5, 0.6) is 0 Å². The molecule has 3 aliphatic rings. The van der Waals surface area contributed by atoms with Gasteiger partial charge in [0.25, 0.3) is 0 Å². The van der Waals surface area contributed by atoms with Gasteiger partial charge in [-0.2, -0.15) is 0 Å². The Bertz CT molecular complexity index is 1140. The molecule has 0 bridgehead atoms. The Hall–Kier alpha value is -3.35. The highest BCUT2D eigenvalue weighted by molar-refractivity contribution is 6.00. The van der Waals surface area contributed by atoms with Crippen LogP contribution in [-0.2, 0) is 20.7 Å². The highest BCUT2D eigenvalue weighted by atomic mass is 16.5. The van der Waals surface area contributed by atoms with Gasteiger partial charge in [-0.1, -0.05) is 30.3 Å². The van der Waals surface area contributed by atoms with Crippen molar-refractivity contribution in [1.29, 1.82) is 0 Å². The Kier molecular flexibility index (Phi) is 6.99. The van der Waals surface area contributed by atoms with Gasteiger partial charge < -0.3 is 14.7 Å². The van der Waals surface area contributed by atoms with E-state index in [1.54, 1.807) is 4.90 Å². The molecular formula is C29H34N2O5. The van der Waals surface area contributed by atoms with Gasteiger partial charge in [0.1, 0.15) is 6.04 Å². The monoisotopic (exact) mass is 490 g/mol. The average molecular weight is 491 g/mol. The van der Waals surface area contributed by atoms with Gasteiger partial charge in [0.2, 0.25) is 5.91 Å². The number of fused-ring (bicyclic) bond motifs is 1. The number of hydrogen-bond donors (Lipinski definition) is 1. The Morgan fingerprint density at radius 2 is 1.67 bits per heavy atom. The fraction of sp³-hybridized carbons (Fsp3) is 0.483. The molecule has 7 heteroatoms. The van der Waals surface area contributed by atoms with Gasteiger partial charge in [0.05, 0.1) is 7.11 Å². The number of methoxy groups -OCH3 is 1. The zero-order valence-corrected chi connectivity index (χ0v) is 20.8. The molecule has 2 amide bonds. The lowest BCUT2D eigenvalue weighted by atomic mass is 9.77. The predicted octanol–water partition coefficient (Wildman–Crippen LogP) is 5.22. The molecule has 2 aromatic rings. The van der Waals surface area contributed by atoms with Gasteiger partial charge in [-0.25, -0.2) is 4.79 Å². The minimum Gasteiger partial charge on any atom is -0.469 e. The van der Waals surface area contributed by atoms with Crippen molar-refractivity contribution in [3.05, 3.63) is 53.6 Å². The normalized spacial score (nSPS) is 23.4. The van der Waals surface area contributed by atoms with Crippen molar-refractivity contribution in [2.24, 2.45) is 5.92 Å². The van der Waals surface area contributed by atoms with Gasteiger partial charge in [-0.3, -0.25) is 14.5 Å². The number of carbonyl (C=O) groups excluding carboxylic acids is 2. The molecule has 36 heavy (non-hydrogen) atoms. The van der Waals surface area contributed by atoms with E-state index in [4.69, 9.17) is 4.74 Å². The SMILES string of the molecule is COC(=O)CC1CCC(c2ccc(-c3ccc4c(c3)CCN4C(=O)C3CCCN3C(=O)O)cc2)CC1. The van der Waals surface area contributed by atoms with Crippen LogP contribution in [-0.4, -0.2) is 54.2 Å². The Labute approximate surface area is 212 Å². The molecule has 1 aliphatic carbocycles. The maximum Gasteiger partial charge on any atom is 0.407 e. The largest absolute Gasteiger partial charge is 0.469 e. The summed E-state index contributed by atoms with van der Waals surface area (Å²) in [6.45, 7) is 1.02. The van der Waals surface area contributed by atoms with Crippen LogP contribution in [0.15, 0.2) is 42.5 Å². The van der Waals surface area contributed by atoms with Crippen LogP contribution in [0.4, 0.5) is 10.5 Å². The number of anilines is 1. The first-order valence-corrected chi connectivity index (χ1v) is 13.1. The number of esters is 1. The zero-order valence-electron chi connectivity index (χ0n) is 20.8. The van der Waals surface area contributed by atoms with Crippen molar-refractivity contribution >= 4 is 23.7 Å². The van der Waals surface area contributed by atoms with E-state index < -0.39 is 12.1 Å². The summed E-state index contributed by atoms with van der Waals surface area (Å²) >= 11 is 0. The van der Waals surface area contributed by atoms with Crippen LogP contribution in [0.1, 0.15) is 62.0 Å². The van der Waals surface area contributed by atoms with E-state index >= 15 is 0 Å². The van der Waals surface area contributed by atoms with Crippen molar-refractivity contribution in [1.82, 2.24) is 4.90 Å². The third kappa shape index (κ3) is 4.84. The summed E-state index contributed by atoms with van der Waals surface area (Å²) in [4.78, 5) is 39.3. The predicted molar refractivity (Wildman–Crippen MR) is 137 cm³/mol. The molecule has 2 aliphatic heterocycles. The molecule has 7 nitrogen and oxygen atoms in total. The van der Waals surface area contributed by atoms with E-state index in [2.05, 4.69) is 36.4 Å². The van der Waals surface area contributed by atoms with Crippen LogP contribution >= 0.6 is 0 Å². The lowest BCUT2D eigenvalue weighted by molar-refractivity contribution is -0.142. The number of amides is 2. The zero-order chi connectivity index (χ0) is 25.2. The first kappa shape index (κ1) is 24.3. The van der Waals surface area contributed by atoms with E-state index in [9.17, 15) is 19.5 Å². The number of hydrogen-bond acceptors (Lipinski definition) is 4. The summed E-state index contributed by atoms with van der Waals surface area (Å²) in [7, 11) is 1.46. The van der Waals surface area contributed by atoms with E-state index in [0.29, 0.717) is 37.8 Å². The first-order chi connectivity index (χ1) is 17.4. The summed E-state index contributed by atoms with van der Waals surface area (Å²) in [5, 5.41) is 9.43. The fourth-order valence-corrected chi connectivity index (χ4v) is 6.21. The standard InChI is InChI=1S/C29H34N2O5/c1-36-27(32)17-19-4-6-20(7-5-19)21-8-10-22(11-9-21)23-12-13-25-24(18-23)14-16-30(25)28(33)26-3-2-15-31(26)29(34)35/h8-13,18-20,26H,2-7,14-17H2,1H3,(H,34,35). The molecule has 1 unspecified atom stereocenters. The molecule has 0 radical (unpaired) electrons. The lowest BCUT2D eigenvalue weighted by Gasteiger charge is -2.28. The highest BCUT2D eigenvalue weighted by Gasteiger charge is 2.38. The maximum absolute atomic E-state index is 13.2. The second kappa shape index (κ2) is 10.3. The third-order valence-corrected chi connectivity index (χ3v) is 8.27. The Morgan fingerprint density at radius 1 is 0.944 bits per heavy atom. The highest BCUT2D eigenvalue weighted by Crippen LogP contribution is 2.38. The number of benzene rings is 2. The van der Waals surface area contributed by atoms with E-state index in [1.807, 2.05) is 6.07 Å². The minimum absolute atomic E-state index is 0.105. The second-order valence-electron chi connectivity index (χ2n) is 10.3. The molecule has 1 saturated carbocycles. The van der Waals surface area contributed by atoms with E-state index in [1.165, 1.54) is 17.6 Å². The molecule has 5 rings (SSSR count). The van der Waals surface area contributed by atoms with Gasteiger partial charge >= 0.3 is 12.1 Å². The Morgan fingerprint density at radius 3 is 2.36 bits per heavy atom. The Balaban J connectivity index is 1.24. The number of rotatable bonds is 5. The smallest absolute Gasteiger partial charge is 0.407 e. The molecule has 0 spiro atoms. The van der Waals surface area contributed by atoms with Crippen molar-refractivity contribution in [3.8, 4) is 11.1 Å². The summed E-state index contributed by atoms with van der Waals surface area (Å²) in [5.74, 6) is 0.762. The van der Waals surface area contributed by atoms with Crippen molar-refractivity contribution in [2.45, 2.75) is 63.3 Å². The quantitative estimate of drug-likeness (QED) is 0.581. The molecule has 0 aromatic heterocycles. The van der Waals surface area contributed by atoms with Gasteiger partial charge in [-0.15, -0.1) is 0 Å². The third-order valence-electron chi connectivity index (χ3n) is 8.27. The molecule has 190 valence electrons. The number of carboxylic acid groups (broad SMARTS) is 1. The van der Waals surface area contributed by atoms with Crippen molar-refractivity contribution < 1.29 is 24.2 Å². The summed E-state index contributed by atoms with van der Waals surface area (Å²) < 4.78 is 4.82. The number of ether oxygens (including phenoxy) is 1. The minimum atomic E-state index is -1.02. The van der Waals surface area contributed by atoms with Gasteiger partial charge in [0, 0.05) is 25.2 Å². The summed E-state index contributed by atoms with van der Waals surface area (Å²) in [6.07, 6.45) is 5.94. The number of likely N-dealkylation sites (tertiary alicyclic amines) is 1. The number of nitrogens with zero attached hydrogens (tertiary/aromatic N) is 2. The average Bonchev–Trinajstić information content (AvgIpc) is 3.56. The van der Waals surface area contributed by atoms with Crippen LogP contribution in [0.25, 0.3) is 11.1 Å². The van der Waals surface area contributed by atoms with Crippen molar-refractivity contribution in [3.63, 3.8) is 0 Å². The van der Waals surface area contributed by atoms with Crippen LogP contribution in [0.3, 0.4) is 0 Å². The molecule has 2 aromatic carbocycles. The first-order valence-electron chi connectivity index (χ1n) is 13.1. The maximum atomic E-state index is 13.2. The number of carbonyl (C=O) groups is 3. The van der Waals surface area contributed by atoms with Crippen molar-refractivity contribution in [2.75, 3.05) is 25.1 Å². The van der Waals surface area contributed by atoms with E-state index in [-0.39, 0.29) is 11.9 Å². The molecule has 2 fully saturated rings. The van der Waals surface area contributed by atoms with Crippen LogP contribution in [0, 0.1) is 5.92 Å². The molecule has 2 heterocycles. The molecular weight excluding hydrogens is 456 g/mol. The fourth-order valence-electron chi connectivity index (χ4n) is 6.21. The van der Waals surface area contributed by atoms with Crippen LogP contribution < -0.4 is 4.90 Å². The molecule has 1 saturated heterocycles. The van der Waals surface area contributed by atoms with Gasteiger partial charge in [-0.05, 0) is 91.2 Å². The lowest BCUT2D eigenvalue weighted by Crippen LogP contribution is -2.47. The topological polar surface area (TPSA) is 87.2 Å². The molecule has 1 atom stereocenters. The van der Waals surface area contributed by atoms with Crippen LogP contribution in [0.2, 0.25) is 0 Å². The second-order valence-corrected chi connectivity index (χ2v) is 10.3. The summed E-state index contributed by atoms with van der Waals surface area (Å²) in [6, 6.07) is 14.5. The van der Waals surface area contributed by atoms with E-state index in [0.717, 1.165) is 60.9 Å². The summed E-state index contributed by atoms with van der Waals surface area (Å²) in [5.41, 5.74) is 5.67. The van der Waals surface area contributed by atoms with Gasteiger partial charge in [0.15, 0.2) is 0 Å². The molecule has 1 N–H and O–H groups in total.